The molecule has 0 bridgehead atoms. The van der Waals surface area contributed by atoms with Crippen LogP contribution in [0.25, 0.3) is 0 Å². The molecule has 0 unspecified atom stereocenters. The van der Waals surface area contributed by atoms with Crippen molar-refractivity contribution in [2.24, 2.45) is 5.92 Å². The Morgan fingerprint density at radius 2 is 2.00 bits per heavy atom. The van der Waals surface area contributed by atoms with Crippen molar-refractivity contribution in [1.82, 2.24) is 9.19 Å². The van der Waals surface area contributed by atoms with Crippen molar-refractivity contribution < 1.29 is 13.3 Å². The molecule has 1 aromatic carbocycles. The zero-order valence-electron chi connectivity index (χ0n) is 11.3. The summed E-state index contributed by atoms with van der Waals surface area (Å²) in [4.78, 5) is 7.21. The van der Waals surface area contributed by atoms with E-state index in [-0.39, 0.29) is 5.92 Å². The van der Waals surface area contributed by atoms with Gasteiger partial charge in [0.05, 0.1) is 6.61 Å². The number of fused-ring (bicyclic) bond motifs is 1. The Labute approximate surface area is 114 Å². The Kier molecular flexibility index (Phi) is 4.57. The molecule has 106 valence electrons. The van der Waals surface area contributed by atoms with Crippen LogP contribution in [0.1, 0.15) is 25.0 Å². The van der Waals surface area contributed by atoms with Crippen LogP contribution in [-0.4, -0.2) is 25.9 Å². The highest BCUT2D eigenvalue weighted by Gasteiger charge is 2.26. The van der Waals surface area contributed by atoms with Crippen LogP contribution in [-0.2, 0) is 28.0 Å². The van der Waals surface area contributed by atoms with Gasteiger partial charge < -0.3 is 0 Å². The van der Waals surface area contributed by atoms with E-state index in [1.165, 1.54) is 9.87 Å². The Morgan fingerprint density at radius 3 is 2.68 bits per heavy atom. The van der Waals surface area contributed by atoms with E-state index < -0.39 is 10.2 Å². The summed E-state index contributed by atoms with van der Waals surface area (Å²) < 4.78 is 25.5. The number of hydrogen-bond acceptors (Lipinski definition) is 3. The summed E-state index contributed by atoms with van der Waals surface area (Å²) in [5, 5.41) is 0. The van der Waals surface area contributed by atoms with Crippen molar-refractivity contribution in [3.8, 4) is 0 Å². The van der Waals surface area contributed by atoms with E-state index >= 15 is 0 Å². The highest BCUT2D eigenvalue weighted by atomic mass is 32.2. The lowest BCUT2D eigenvalue weighted by molar-refractivity contribution is 0.0670. The molecular formula is C13H20N2O3S. The fourth-order valence-electron chi connectivity index (χ4n) is 2.00. The molecule has 0 spiro atoms. The minimum absolute atomic E-state index is 0.282. The zero-order chi connectivity index (χ0) is 13.9. The van der Waals surface area contributed by atoms with Gasteiger partial charge in [-0.1, -0.05) is 43.0 Å². The van der Waals surface area contributed by atoms with Gasteiger partial charge in [-0.15, -0.1) is 0 Å². The molecule has 19 heavy (non-hydrogen) atoms. The third-order valence-electron chi connectivity index (χ3n) is 3.02. The predicted molar refractivity (Wildman–Crippen MR) is 73.4 cm³/mol. The molecular weight excluding hydrogens is 264 g/mol. The second-order valence-corrected chi connectivity index (χ2v) is 6.78. The molecule has 0 aromatic heterocycles. The van der Waals surface area contributed by atoms with Crippen LogP contribution in [0.5, 0.6) is 0 Å². The third-order valence-corrected chi connectivity index (χ3v) is 4.34. The Bertz CT molecular complexity index is 528. The zero-order valence-corrected chi connectivity index (χ0v) is 12.1. The Balaban J connectivity index is 1.99. The van der Waals surface area contributed by atoms with E-state index in [0.717, 1.165) is 12.0 Å². The summed E-state index contributed by atoms with van der Waals surface area (Å²) in [6.45, 7) is 5.18. The molecule has 0 aliphatic carbocycles. The summed E-state index contributed by atoms with van der Waals surface area (Å²) in [5.74, 6) is 0.282. The van der Waals surface area contributed by atoms with Crippen LogP contribution in [0, 0.1) is 5.92 Å². The van der Waals surface area contributed by atoms with Crippen LogP contribution < -0.4 is 4.89 Å². The highest BCUT2D eigenvalue weighted by Crippen LogP contribution is 2.20. The van der Waals surface area contributed by atoms with Gasteiger partial charge in [0.2, 0.25) is 0 Å². The first kappa shape index (κ1) is 14.5. The number of rotatable bonds is 5. The van der Waals surface area contributed by atoms with Gasteiger partial charge in [0.25, 0.3) is 0 Å². The molecule has 1 heterocycles. The van der Waals surface area contributed by atoms with Crippen molar-refractivity contribution in [1.29, 1.82) is 0 Å². The molecule has 6 heteroatoms. The normalized spacial score (nSPS) is 16.6. The lowest BCUT2D eigenvalue weighted by Crippen LogP contribution is -2.43. The second-order valence-electron chi connectivity index (χ2n) is 5.15. The van der Waals surface area contributed by atoms with Gasteiger partial charge in [-0.3, -0.25) is 4.84 Å². The van der Waals surface area contributed by atoms with E-state index in [2.05, 4.69) is 4.89 Å². The lowest BCUT2D eigenvalue weighted by Gasteiger charge is -2.27. The Morgan fingerprint density at radius 1 is 1.32 bits per heavy atom. The van der Waals surface area contributed by atoms with E-state index in [1.54, 1.807) is 0 Å². The van der Waals surface area contributed by atoms with Crippen LogP contribution in [0.15, 0.2) is 24.3 Å². The minimum Gasteiger partial charge on any atom is -0.286 e. The van der Waals surface area contributed by atoms with Gasteiger partial charge in [-0.05, 0) is 23.5 Å². The first-order valence-corrected chi connectivity index (χ1v) is 7.88. The predicted octanol–water partition coefficient (Wildman–Crippen LogP) is 1.47. The summed E-state index contributed by atoms with van der Waals surface area (Å²) in [6, 6.07) is 7.92. The average molecular weight is 284 g/mol. The number of benzene rings is 1. The quantitative estimate of drug-likeness (QED) is 0.833. The molecule has 0 amide bonds. The molecule has 1 N–H and O–H groups in total. The van der Waals surface area contributed by atoms with E-state index in [4.69, 9.17) is 4.84 Å². The molecule has 0 atom stereocenters. The van der Waals surface area contributed by atoms with Gasteiger partial charge in [0.15, 0.2) is 0 Å². The van der Waals surface area contributed by atoms with Crippen LogP contribution in [0.4, 0.5) is 0 Å². The van der Waals surface area contributed by atoms with E-state index in [1.807, 2.05) is 38.1 Å². The maximum Gasteiger partial charge on any atom is 0.301 e. The number of hydrogen-bond donors (Lipinski definition) is 1. The fraction of sp³-hybridized carbons (Fsp3) is 0.538. The highest BCUT2D eigenvalue weighted by molar-refractivity contribution is 7.86. The minimum atomic E-state index is -3.56. The van der Waals surface area contributed by atoms with E-state index in [9.17, 15) is 8.42 Å². The smallest absolute Gasteiger partial charge is 0.286 e. The van der Waals surface area contributed by atoms with Crippen LogP contribution >= 0.6 is 0 Å². The molecule has 0 saturated carbocycles. The number of nitrogens with zero attached hydrogens (tertiary/aromatic N) is 1. The molecule has 1 aliphatic rings. The van der Waals surface area contributed by atoms with Gasteiger partial charge in [-0.2, -0.15) is 12.7 Å². The summed E-state index contributed by atoms with van der Waals surface area (Å²) in [7, 11) is -3.56. The van der Waals surface area contributed by atoms with Crippen molar-refractivity contribution >= 4 is 10.2 Å². The molecule has 5 nitrogen and oxygen atoms in total. The SMILES string of the molecule is CC(C)CONS(=O)(=O)N1CCc2ccccc2C1. The molecule has 1 aliphatic heterocycles. The van der Waals surface area contributed by atoms with Crippen LogP contribution in [0.3, 0.4) is 0 Å². The second kappa shape index (κ2) is 6.00. The summed E-state index contributed by atoms with van der Waals surface area (Å²) in [5.41, 5.74) is 2.28. The Hall–Kier alpha value is -0.950. The maximum atomic E-state index is 12.1. The molecule has 0 radical (unpaired) electrons. The average Bonchev–Trinajstić information content (AvgIpc) is 2.37. The van der Waals surface area contributed by atoms with E-state index in [0.29, 0.717) is 19.7 Å². The van der Waals surface area contributed by atoms with Crippen LogP contribution in [0.2, 0.25) is 0 Å². The molecule has 2 rings (SSSR count). The molecule has 0 fully saturated rings. The van der Waals surface area contributed by atoms with Crippen molar-refractivity contribution in [2.75, 3.05) is 13.2 Å². The van der Waals surface area contributed by atoms with Gasteiger partial charge >= 0.3 is 10.2 Å². The fourth-order valence-corrected chi connectivity index (χ4v) is 2.97. The monoisotopic (exact) mass is 284 g/mol. The molecule has 1 aromatic rings. The van der Waals surface area contributed by atoms with Gasteiger partial charge in [-0.25, -0.2) is 0 Å². The first-order valence-electron chi connectivity index (χ1n) is 6.44. The largest absolute Gasteiger partial charge is 0.301 e. The van der Waals surface area contributed by atoms with Crippen molar-refractivity contribution in [3.63, 3.8) is 0 Å². The number of nitrogens with one attached hydrogen (secondary N) is 1. The summed E-state index contributed by atoms with van der Waals surface area (Å²) in [6.07, 6.45) is 0.737. The molecule has 0 saturated heterocycles. The van der Waals surface area contributed by atoms with Crippen molar-refractivity contribution in [2.45, 2.75) is 26.8 Å². The standard InChI is InChI=1S/C13H20N2O3S/c1-11(2)10-18-14-19(16,17)15-8-7-12-5-3-4-6-13(12)9-15/h3-6,11,14H,7-10H2,1-2H3. The topological polar surface area (TPSA) is 58.6 Å². The lowest BCUT2D eigenvalue weighted by atomic mass is 10.0. The maximum absolute atomic E-state index is 12.1. The summed E-state index contributed by atoms with van der Waals surface area (Å²) >= 11 is 0. The third kappa shape index (κ3) is 3.76. The van der Waals surface area contributed by atoms with Gasteiger partial charge in [0, 0.05) is 13.1 Å². The first-order chi connectivity index (χ1) is 8.99. The van der Waals surface area contributed by atoms with Gasteiger partial charge in [0.1, 0.15) is 0 Å². The van der Waals surface area contributed by atoms with Crippen molar-refractivity contribution in [3.05, 3.63) is 35.4 Å².